The van der Waals surface area contributed by atoms with Crippen LogP contribution in [-0.4, -0.2) is 22.5 Å². The van der Waals surface area contributed by atoms with Crippen LogP contribution in [0.1, 0.15) is 38.3 Å². The van der Waals surface area contributed by atoms with E-state index in [-0.39, 0.29) is 17.1 Å². The van der Waals surface area contributed by atoms with Crippen LogP contribution in [0.2, 0.25) is 0 Å². The van der Waals surface area contributed by atoms with Gasteiger partial charge < -0.3 is 10.0 Å². The molecular formula is C15H21NO2. The highest BCUT2D eigenvalue weighted by atomic mass is 16.3. The second-order valence-corrected chi connectivity index (χ2v) is 6.26. The summed E-state index contributed by atoms with van der Waals surface area (Å²) in [6, 6.07) is 5.44. The zero-order chi connectivity index (χ0) is 13.3. The van der Waals surface area contributed by atoms with Crippen LogP contribution in [0.4, 0.5) is 0 Å². The summed E-state index contributed by atoms with van der Waals surface area (Å²) in [6.45, 7) is 7.64. The van der Waals surface area contributed by atoms with E-state index in [1.54, 1.807) is 12.1 Å². The molecular weight excluding hydrogens is 226 g/mol. The van der Waals surface area contributed by atoms with Gasteiger partial charge in [-0.1, -0.05) is 26.8 Å². The molecule has 0 bridgehead atoms. The van der Waals surface area contributed by atoms with E-state index < -0.39 is 0 Å². The maximum Gasteiger partial charge on any atom is 0.223 e. The van der Waals surface area contributed by atoms with Crippen LogP contribution >= 0.6 is 0 Å². The van der Waals surface area contributed by atoms with Crippen LogP contribution in [0.15, 0.2) is 18.2 Å². The first-order valence-corrected chi connectivity index (χ1v) is 6.44. The molecule has 0 saturated heterocycles. The van der Waals surface area contributed by atoms with E-state index in [1.807, 2.05) is 11.0 Å². The van der Waals surface area contributed by atoms with Crippen molar-refractivity contribution in [3.8, 4) is 5.75 Å². The second kappa shape index (κ2) is 4.63. The molecule has 18 heavy (non-hydrogen) atoms. The topological polar surface area (TPSA) is 40.5 Å². The van der Waals surface area contributed by atoms with Crippen LogP contribution in [0.3, 0.4) is 0 Å². The fourth-order valence-corrected chi connectivity index (χ4v) is 2.32. The van der Waals surface area contributed by atoms with Crippen LogP contribution < -0.4 is 0 Å². The van der Waals surface area contributed by atoms with E-state index in [9.17, 15) is 9.90 Å². The summed E-state index contributed by atoms with van der Waals surface area (Å²) in [5, 5.41) is 9.50. The Bertz CT molecular complexity index is 460. The molecule has 0 spiro atoms. The molecule has 1 N–H and O–H groups in total. The number of aromatic hydroxyl groups is 1. The van der Waals surface area contributed by atoms with E-state index >= 15 is 0 Å². The van der Waals surface area contributed by atoms with Gasteiger partial charge in [0.25, 0.3) is 0 Å². The van der Waals surface area contributed by atoms with E-state index in [0.717, 1.165) is 18.5 Å². The van der Waals surface area contributed by atoms with Crippen molar-refractivity contribution in [1.29, 1.82) is 0 Å². The fourth-order valence-electron chi connectivity index (χ4n) is 2.32. The summed E-state index contributed by atoms with van der Waals surface area (Å²) in [5.74, 6) is 0.482. The van der Waals surface area contributed by atoms with Crippen LogP contribution in [0.25, 0.3) is 0 Å². The first kappa shape index (κ1) is 12.9. The van der Waals surface area contributed by atoms with Crippen molar-refractivity contribution in [2.24, 2.45) is 5.41 Å². The molecule has 1 aromatic rings. The Morgan fingerprint density at radius 2 is 2.06 bits per heavy atom. The van der Waals surface area contributed by atoms with Crippen molar-refractivity contribution in [2.75, 3.05) is 6.54 Å². The number of amides is 1. The summed E-state index contributed by atoms with van der Waals surface area (Å²) in [5.41, 5.74) is 2.34. The lowest BCUT2D eigenvalue weighted by atomic mass is 9.90. The molecule has 1 aromatic carbocycles. The van der Waals surface area contributed by atoms with Crippen LogP contribution in [0.5, 0.6) is 5.75 Å². The van der Waals surface area contributed by atoms with Gasteiger partial charge in [-0.2, -0.15) is 0 Å². The first-order valence-electron chi connectivity index (χ1n) is 6.44. The van der Waals surface area contributed by atoms with Gasteiger partial charge in [-0.05, 0) is 35.1 Å². The van der Waals surface area contributed by atoms with Gasteiger partial charge in [0.1, 0.15) is 5.75 Å². The van der Waals surface area contributed by atoms with Crippen molar-refractivity contribution >= 4 is 5.91 Å². The predicted octanol–water partition coefficient (Wildman–Crippen LogP) is 2.71. The maximum atomic E-state index is 12.2. The van der Waals surface area contributed by atoms with Crippen molar-refractivity contribution in [3.05, 3.63) is 29.3 Å². The normalized spacial score (nSPS) is 15.4. The highest BCUT2D eigenvalue weighted by Gasteiger charge is 2.24. The Balaban J connectivity index is 2.09. The smallest absolute Gasteiger partial charge is 0.223 e. The predicted molar refractivity (Wildman–Crippen MR) is 71.3 cm³/mol. The SMILES string of the molecule is CC(C)(C)CC(=O)N1CCc2ccc(O)cc2C1. The zero-order valence-electron chi connectivity index (χ0n) is 11.4. The Hall–Kier alpha value is -1.51. The van der Waals surface area contributed by atoms with Gasteiger partial charge in [-0.15, -0.1) is 0 Å². The lowest BCUT2D eigenvalue weighted by Crippen LogP contribution is -2.37. The number of carbonyl (C=O) groups excluding carboxylic acids is 1. The molecule has 1 amide bonds. The minimum absolute atomic E-state index is 0.0240. The lowest BCUT2D eigenvalue weighted by molar-refractivity contribution is -0.134. The van der Waals surface area contributed by atoms with Crippen molar-refractivity contribution in [2.45, 2.75) is 40.2 Å². The Kier molecular flexibility index (Phi) is 3.33. The van der Waals surface area contributed by atoms with Gasteiger partial charge in [0, 0.05) is 19.5 Å². The second-order valence-electron chi connectivity index (χ2n) is 6.26. The first-order chi connectivity index (χ1) is 8.35. The Labute approximate surface area is 108 Å². The minimum Gasteiger partial charge on any atom is -0.508 e. The maximum absolute atomic E-state index is 12.2. The summed E-state index contributed by atoms with van der Waals surface area (Å²) in [4.78, 5) is 14.1. The Morgan fingerprint density at radius 3 is 2.72 bits per heavy atom. The average Bonchev–Trinajstić information content (AvgIpc) is 2.25. The molecule has 1 aliphatic rings. The average molecular weight is 247 g/mol. The van der Waals surface area contributed by atoms with Gasteiger partial charge >= 0.3 is 0 Å². The summed E-state index contributed by atoms with van der Waals surface area (Å²) in [7, 11) is 0. The van der Waals surface area contributed by atoms with Gasteiger partial charge in [-0.25, -0.2) is 0 Å². The highest BCUT2D eigenvalue weighted by molar-refractivity contribution is 5.77. The summed E-state index contributed by atoms with van der Waals surface area (Å²) in [6.07, 6.45) is 1.45. The summed E-state index contributed by atoms with van der Waals surface area (Å²) >= 11 is 0. The van der Waals surface area contributed by atoms with E-state index in [2.05, 4.69) is 20.8 Å². The van der Waals surface area contributed by atoms with Crippen LogP contribution in [0, 0.1) is 5.41 Å². The van der Waals surface area contributed by atoms with E-state index in [4.69, 9.17) is 0 Å². The van der Waals surface area contributed by atoms with E-state index in [1.165, 1.54) is 5.56 Å². The molecule has 0 radical (unpaired) electrons. The largest absolute Gasteiger partial charge is 0.508 e. The van der Waals surface area contributed by atoms with Crippen molar-refractivity contribution in [3.63, 3.8) is 0 Å². The molecule has 0 saturated carbocycles. The number of carbonyl (C=O) groups is 1. The molecule has 98 valence electrons. The van der Waals surface area contributed by atoms with E-state index in [0.29, 0.717) is 13.0 Å². The number of phenolic OH excluding ortho intramolecular Hbond substituents is 1. The third-order valence-electron chi connectivity index (χ3n) is 3.24. The van der Waals surface area contributed by atoms with Crippen molar-refractivity contribution < 1.29 is 9.90 Å². The molecule has 0 unspecified atom stereocenters. The molecule has 0 aliphatic carbocycles. The molecule has 1 aliphatic heterocycles. The monoisotopic (exact) mass is 247 g/mol. The number of hydrogen-bond donors (Lipinski definition) is 1. The van der Waals surface area contributed by atoms with Gasteiger partial charge in [0.05, 0.1) is 0 Å². The standard InChI is InChI=1S/C15H21NO2/c1-15(2,3)9-14(18)16-7-6-11-4-5-13(17)8-12(11)10-16/h4-5,8,17H,6-7,9-10H2,1-3H3. The zero-order valence-corrected chi connectivity index (χ0v) is 11.4. The number of fused-ring (bicyclic) bond motifs is 1. The third kappa shape index (κ3) is 3.03. The molecule has 0 atom stereocenters. The fraction of sp³-hybridized carbons (Fsp3) is 0.533. The molecule has 1 heterocycles. The molecule has 0 aromatic heterocycles. The lowest BCUT2D eigenvalue weighted by Gasteiger charge is -2.31. The van der Waals surface area contributed by atoms with Crippen LogP contribution in [-0.2, 0) is 17.8 Å². The molecule has 3 nitrogen and oxygen atoms in total. The van der Waals surface area contributed by atoms with Gasteiger partial charge in [0.15, 0.2) is 0 Å². The Morgan fingerprint density at radius 1 is 1.33 bits per heavy atom. The molecule has 0 fully saturated rings. The number of phenols is 1. The third-order valence-corrected chi connectivity index (χ3v) is 3.24. The van der Waals surface area contributed by atoms with Gasteiger partial charge in [0.2, 0.25) is 5.91 Å². The number of hydrogen-bond acceptors (Lipinski definition) is 2. The number of nitrogens with zero attached hydrogens (tertiary/aromatic N) is 1. The number of benzene rings is 1. The summed E-state index contributed by atoms with van der Waals surface area (Å²) < 4.78 is 0. The molecule has 2 rings (SSSR count). The quantitative estimate of drug-likeness (QED) is 0.829. The molecule has 3 heteroatoms. The minimum atomic E-state index is 0.0240. The highest BCUT2D eigenvalue weighted by Crippen LogP contribution is 2.26. The van der Waals surface area contributed by atoms with Crippen molar-refractivity contribution in [1.82, 2.24) is 4.90 Å². The van der Waals surface area contributed by atoms with Gasteiger partial charge in [-0.3, -0.25) is 4.79 Å². The number of rotatable bonds is 1.